The van der Waals surface area contributed by atoms with Crippen molar-refractivity contribution in [1.82, 2.24) is 44.9 Å². The number of nitriles is 1. The fourth-order valence-corrected chi connectivity index (χ4v) is 6.23. The lowest BCUT2D eigenvalue weighted by atomic mass is 9.82. The van der Waals surface area contributed by atoms with Crippen molar-refractivity contribution in [2.45, 2.75) is 82.3 Å². The van der Waals surface area contributed by atoms with E-state index < -0.39 is 17.5 Å². The van der Waals surface area contributed by atoms with Crippen LogP contribution in [0.2, 0.25) is 0 Å². The zero-order valence-electron chi connectivity index (χ0n) is 24.5. The van der Waals surface area contributed by atoms with Gasteiger partial charge in [-0.15, -0.1) is 0 Å². The van der Waals surface area contributed by atoms with E-state index in [1.165, 1.54) is 12.4 Å². The maximum absolute atomic E-state index is 13.5. The third-order valence-corrected chi connectivity index (χ3v) is 8.57. The zero-order valence-corrected chi connectivity index (χ0v) is 24.5. The van der Waals surface area contributed by atoms with Crippen LogP contribution in [0.15, 0.2) is 37.1 Å². The minimum atomic E-state index is -4.65. The topological polar surface area (TPSA) is 133 Å². The van der Waals surface area contributed by atoms with Gasteiger partial charge in [0, 0.05) is 55.1 Å². The number of hydrogen-bond acceptors (Lipinski definition) is 9. The number of alkyl halides is 3. The number of aromatic amines is 1. The van der Waals surface area contributed by atoms with Gasteiger partial charge in [0.15, 0.2) is 0 Å². The number of nitrogens with one attached hydrogen (secondary N) is 2. The molecule has 1 aliphatic carbocycles. The van der Waals surface area contributed by atoms with Crippen molar-refractivity contribution in [3.05, 3.63) is 48.6 Å². The number of H-pyrrole nitrogens is 1. The first kappa shape index (κ1) is 30.0. The largest absolute Gasteiger partial charge is 0.474 e. The van der Waals surface area contributed by atoms with E-state index in [9.17, 15) is 18.4 Å². The molecule has 2 fully saturated rings. The number of likely N-dealkylation sites (tertiary alicyclic amines) is 1. The average molecular weight is 609 g/mol. The molecule has 14 heteroatoms. The quantitative estimate of drug-likeness (QED) is 0.230. The molecule has 0 bridgehead atoms. The van der Waals surface area contributed by atoms with Crippen molar-refractivity contribution in [3.8, 4) is 23.2 Å². The van der Waals surface area contributed by atoms with Gasteiger partial charge in [-0.05, 0) is 44.7 Å². The van der Waals surface area contributed by atoms with Crippen LogP contribution in [0.3, 0.4) is 0 Å². The normalized spacial score (nSPS) is 20.3. The smallest absolute Gasteiger partial charge is 0.451 e. The van der Waals surface area contributed by atoms with Crippen LogP contribution in [-0.2, 0) is 18.3 Å². The summed E-state index contributed by atoms with van der Waals surface area (Å²) in [5, 5.41) is 18.4. The summed E-state index contributed by atoms with van der Waals surface area (Å²) >= 11 is 0. The Morgan fingerprint density at radius 2 is 2.00 bits per heavy atom. The molecule has 0 spiro atoms. The van der Waals surface area contributed by atoms with Crippen LogP contribution in [-0.4, -0.2) is 71.4 Å². The number of ether oxygens (including phenoxy) is 1. The number of halogens is 3. The number of rotatable bonds is 11. The van der Waals surface area contributed by atoms with Crippen LogP contribution in [0.25, 0.3) is 22.3 Å². The fourth-order valence-electron chi connectivity index (χ4n) is 6.23. The Bertz CT molecular complexity index is 1610. The summed E-state index contributed by atoms with van der Waals surface area (Å²) in [7, 11) is 0. The first-order valence-electron chi connectivity index (χ1n) is 15.0. The molecule has 0 radical (unpaired) electrons. The minimum absolute atomic E-state index is 0.0323. The van der Waals surface area contributed by atoms with Gasteiger partial charge in [-0.1, -0.05) is 13.3 Å². The zero-order chi connectivity index (χ0) is 30.7. The fraction of sp³-hybridized carbons (Fsp3) is 0.533. The molecule has 1 saturated carbocycles. The Kier molecular flexibility index (Phi) is 8.50. The molecule has 11 nitrogen and oxygen atoms in total. The van der Waals surface area contributed by atoms with E-state index in [0.29, 0.717) is 44.9 Å². The number of aromatic nitrogens is 7. The highest BCUT2D eigenvalue weighted by Gasteiger charge is 2.48. The van der Waals surface area contributed by atoms with Gasteiger partial charge in [0.05, 0.1) is 30.1 Å². The lowest BCUT2D eigenvalue weighted by molar-refractivity contribution is -0.145. The van der Waals surface area contributed by atoms with Crippen LogP contribution in [0.4, 0.5) is 13.2 Å². The molecule has 0 aromatic carbocycles. The highest BCUT2D eigenvalue weighted by Crippen LogP contribution is 2.39. The molecule has 2 N–H and O–H groups in total. The second-order valence-electron chi connectivity index (χ2n) is 11.7. The summed E-state index contributed by atoms with van der Waals surface area (Å²) < 4.78 is 48.4. The van der Waals surface area contributed by atoms with Crippen LogP contribution < -0.4 is 10.1 Å². The molecule has 1 saturated heterocycles. The second-order valence-corrected chi connectivity index (χ2v) is 11.7. The lowest BCUT2D eigenvalue weighted by Crippen LogP contribution is -2.65. The number of fused-ring (bicyclic) bond motifs is 1. The monoisotopic (exact) mass is 608 g/mol. The highest BCUT2D eigenvalue weighted by molar-refractivity contribution is 5.90. The predicted molar refractivity (Wildman–Crippen MR) is 155 cm³/mol. The molecule has 6 rings (SSSR count). The summed E-state index contributed by atoms with van der Waals surface area (Å²) in [4.78, 5) is 21.6. The first-order valence-corrected chi connectivity index (χ1v) is 15.0. The van der Waals surface area contributed by atoms with Gasteiger partial charge >= 0.3 is 6.18 Å². The van der Waals surface area contributed by atoms with E-state index in [2.05, 4.69) is 53.2 Å². The van der Waals surface area contributed by atoms with Gasteiger partial charge in [0.2, 0.25) is 11.7 Å². The number of unbranched alkanes of at least 4 members (excludes halogenated alkanes) is 1. The van der Waals surface area contributed by atoms with Crippen LogP contribution in [0.5, 0.6) is 5.88 Å². The van der Waals surface area contributed by atoms with E-state index in [-0.39, 0.29) is 24.2 Å². The predicted octanol–water partition coefficient (Wildman–Crippen LogP) is 4.83. The summed E-state index contributed by atoms with van der Waals surface area (Å²) in [6.07, 6.45) is 7.55. The maximum Gasteiger partial charge on any atom is 0.451 e. The van der Waals surface area contributed by atoms with Gasteiger partial charge < -0.3 is 15.0 Å². The Balaban J connectivity index is 1.07. The second kappa shape index (κ2) is 12.5. The summed E-state index contributed by atoms with van der Waals surface area (Å²) in [6.45, 7) is 4.36. The van der Waals surface area contributed by atoms with Gasteiger partial charge in [0.25, 0.3) is 0 Å². The van der Waals surface area contributed by atoms with Gasteiger partial charge in [0.1, 0.15) is 23.6 Å². The average Bonchev–Trinajstić information content (AvgIpc) is 3.68. The van der Waals surface area contributed by atoms with Gasteiger partial charge in [-0.3, -0.25) is 9.58 Å². The molecule has 0 unspecified atom stereocenters. The minimum Gasteiger partial charge on any atom is -0.474 e. The van der Waals surface area contributed by atoms with Crippen molar-refractivity contribution in [3.63, 3.8) is 0 Å². The van der Waals surface area contributed by atoms with Crippen molar-refractivity contribution in [2.75, 3.05) is 19.6 Å². The molecule has 232 valence electrons. The molecular weight excluding hydrogens is 573 g/mol. The van der Waals surface area contributed by atoms with E-state index >= 15 is 0 Å². The number of hydrogen-bond donors (Lipinski definition) is 2. The molecule has 4 aromatic heterocycles. The standard InChI is InChI=1S/C30H35F3N10O/c1-2-3-11-35-15-21-13-25(41-28(40-21)30(31,32)33)44-23-6-4-22(5-7-23)42-17-29(18-42,9-10-34)43-16-20(14-39-43)26-24-8-12-36-27(24)38-19-37-26/h8,12-14,16,19,22-23,35H,2-7,9,11,15,17-18H2,1H3,(H,36,37,38)/t22-,23+. The third-order valence-electron chi connectivity index (χ3n) is 8.57. The van der Waals surface area contributed by atoms with Crippen LogP contribution >= 0.6 is 0 Å². The van der Waals surface area contributed by atoms with Gasteiger partial charge in [-0.25, -0.2) is 15.0 Å². The first-order chi connectivity index (χ1) is 21.3. The summed E-state index contributed by atoms with van der Waals surface area (Å²) in [6, 6.07) is 6.08. The van der Waals surface area contributed by atoms with Gasteiger partial charge in [-0.2, -0.15) is 28.5 Å². The molecule has 5 heterocycles. The maximum atomic E-state index is 13.5. The van der Waals surface area contributed by atoms with Crippen molar-refractivity contribution < 1.29 is 17.9 Å². The molecule has 4 aromatic rings. The van der Waals surface area contributed by atoms with E-state index in [0.717, 1.165) is 48.0 Å². The van der Waals surface area contributed by atoms with Crippen molar-refractivity contribution >= 4 is 11.0 Å². The van der Waals surface area contributed by atoms with Crippen molar-refractivity contribution in [1.29, 1.82) is 5.26 Å². The lowest BCUT2D eigenvalue weighted by Gasteiger charge is -2.53. The Labute approximate surface area is 252 Å². The van der Waals surface area contributed by atoms with E-state index in [1.807, 2.05) is 23.1 Å². The Morgan fingerprint density at radius 1 is 1.18 bits per heavy atom. The molecule has 2 aliphatic rings. The van der Waals surface area contributed by atoms with Crippen LogP contribution in [0.1, 0.15) is 63.4 Å². The summed E-state index contributed by atoms with van der Waals surface area (Å²) in [5.74, 6) is -1.21. The summed E-state index contributed by atoms with van der Waals surface area (Å²) in [5.41, 5.74) is 2.24. The Hall–Kier alpha value is -4.09. The van der Waals surface area contributed by atoms with Crippen molar-refractivity contribution in [2.24, 2.45) is 0 Å². The highest BCUT2D eigenvalue weighted by atomic mass is 19.4. The SMILES string of the molecule is CCCCNCc1cc(O[C@H]2CC[C@@H](N3CC(CC#N)(n4cc(-c5ncnc6[nH]ccc56)cn4)C3)CC2)nc(C(F)(F)F)n1. The molecular formula is C30H35F3N10O. The van der Waals surface area contributed by atoms with E-state index in [4.69, 9.17) is 4.74 Å². The number of nitrogens with zero attached hydrogens (tertiary/aromatic N) is 8. The third kappa shape index (κ3) is 6.25. The molecule has 0 amide bonds. The van der Waals surface area contributed by atoms with Crippen LogP contribution in [0, 0.1) is 11.3 Å². The Morgan fingerprint density at radius 3 is 2.75 bits per heavy atom. The molecule has 44 heavy (non-hydrogen) atoms. The van der Waals surface area contributed by atoms with E-state index in [1.54, 1.807) is 6.20 Å². The molecule has 1 aliphatic heterocycles. The molecule has 0 atom stereocenters.